The molecule has 0 aliphatic rings. The van der Waals surface area contributed by atoms with Crippen LogP contribution in [-0.4, -0.2) is 24.8 Å². The summed E-state index contributed by atoms with van der Waals surface area (Å²) in [6.45, 7) is 0. The number of nitrogens with zero attached hydrogens (tertiary/aromatic N) is 1. The summed E-state index contributed by atoms with van der Waals surface area (Å²) in [5.74, 6) is 1.05. The van der Waals surface area contributed by atoms with Gasteiger partial charge in [0, 0.05) is 43.0 Å². The third-order valence-corrected chi connectivity index (χ3v) is 3.34. The number of hydrogen-bond acceptors (Lipinski definition) is 3. The second kappa shape index (κ2) is 7.34. The number of ether oxygens (including phenoxy) is 1. The highest BCUT2D eigenvalue weighted by Gasteiger charge is 2.09. The Morgan fingerprint density at radius 1 is 1.05 bits per heavy atom. The van der Waals surface area contributed by atoms with E-state index in [-0.39, 0.29) is 5.78 Å². The molecule has 0 saturated carbocycles. The summed E-state index contributed by atoms with van der Waals surface area (Å²) in [6, 6.07) is 12.0. The molecule has 0 saturated heterocycles. The second-order valence-corrected chi connectivity index (χ2v) is 5.68. The standard InChI is InChI=1S/C17H15Cl2NO2/c1-20(2)10-9-17(21)15-8-7-14(11-16(15)19)22-13-5-3-12(18)4-6-13/h3-11H,1-2H3/b10-9+. The zero-order valence-corrected chi connectivity index (χ0v) is 13.7. The molecule has 0 aliphatic heterocycles. The smallest absolute Gasteiger partial charge is 0.188 e. The van der Waals surface area contributed by atoms with E-state index in [0.29, 0.717) is 27.1 Å². The van der Waals surface area contributed by atoms with E-state index in [1.54, 1.807) is 53.6 Å². The Morgan fingerprint density at radius 3 is 2.27 bits per heavy atom. The van der Waals surface area contributed by atoms with E-state index in [9.17, 15) is 4.79 Å². The lowest BCUT2D eigenvalue weighted by molar-refractivity contribution is 0.104. The van der Waals surface area contributed by atoms with Crippen LogP contribution in [0.5, 0.6) is 11.5 Å². The van der Waals surface area contributed by atoms with Crippen molar-refractivity contribution in [3.63, 3.8) is 0 Å². The van der Waals surface area contributed by atoms with Crippen molar-refractivity contribution in [3.8, 4) is 11.5 Å². The van der Waals surface area contributed by atoms with Crippen molar-refractivity contribution in [3.05, 3.63) is 70.3 Å². The molecule has 0 radical (unpaired) electrons. The van der Waals surface area contributed by atoms with E-state index >= 15 is 0 Å². The van der Waals surface area contributed by atoms with Gasteiger partial charge in [0.15, 0.2) is 5.78 Å². The first-order valence-electron chi connectivity index (χ1n) is 6.57. The zero-order chi connectivity index (χ0) is 16.1. The van der Waals surface area contributed by atoms with E-state index < -0.39 is 0 Å². The second-order valence-electron chi connectivity index (χ2n) is 4.84. The van der Waals surface area contributed by atoms with Gasteiger partial charge >= 0.3 is 0 Å². The summed E-state index contributed by atoms with van der Waals surface area (Å²) in [6.07, 6.45) is 3.15. The highest BCUT2D eigenvalue weighted by atomic mass is 35.5. The first kappa shape index (κ1) is 16.4. The van der Waals surface area contributed by atoms with E-state index in [4.69, 9.17) is 27.9 Å². The van der Waals surface area contributed by atoms with Gasteiger partial charge in [-0.3, -0.25) is 4.79 Å². The van der Waals surface area contributed by atoms with Crippen molar-refractivity contribution in [2.24, 2.45) is 0 Å². The largest absolute Gasteiger partial charge is 0.457 e. The van der Waals surface area contributed by atoms with Gasteiger partial charge in [-0.1, -0.05) is 23.2 Å². The SMILES string of the molecule is CN(C)/C=C/C(=O)c1ccc(Oc2ccc(Cl)cc2)cc1Cl. The molecular weight excluding hydrogens is 321 g/mol. The Morgan fingerprint density at radius 2 is 1.68 bits per heavy atom. The van der Waals surface area contributed by atoms with Crippen LogP contribution in [0, 0.1) is 0 Å². The molecule has 3 nitrogen and oxygen atoms in total. The van der Waals surface area contributed by atoms with Gasteiger partial charge in [0.05, 0.1) is 5.02 Å². The fraction of sp³-hybridized carbons (Fsp3) is 0.118. The van der Waals surface area contributed by atoms with Crippen molar-refractivity contribution in [2.75, 3.05) is 14.1 Å². The molecule has 5 heteroatoms. The topological polar surface area (TPSA) is 29.5 Å². The maximum atomic E-state index is 12.0. The van der Waals surface area contributed by atoms with Gasteiger partial charge in [-0.15, -0.1) is 0 Å². The summed E-state index contributed by atoms with van der Waals surface area (Å²) in [5.41, 5.74) is 0.434. The van der Waals surface area contributed by atoms with Crippen LogP contribution >= 0.6 is 23.2 Å². The number of hydrogen-bond donors (Lipinski definition) is 0. The Labute approximate surface area is 139 Å². The van der Waals surface area contributed by atoms with E-state index in [0.717, 1.165) is 0 Å². The summed E-state index contributed by atoms with van der Waals surface area (Å²) in [7, 11) is 3.68. The van der Waals surface area contributed by atoms with Gasteiger partial charge in [0.2, 0.25) is 0 Å². The molecule has 0 amide bonds. The molecule has 0 aromatic heterocycles. The van der Waals surface area contributed by atoms with Gasteiger partial charge in [-0.25, -0.2) is 0 Å². The van der Waals surface area contributed by atoms with Crippen LogP contribution in [0.3, 0.4) is 0 Å². The number of benzene rings is 2. The minimum Gasteiger partial charge on any atom is -0.457 e. The molecule has 2 aromatic rings. The van der Waals surface area contributed by atoms with Crippen molar-refractivity contribution in [1.82, 2.24) is 4.90 Å². The fourth-order valence-corrected chi connectivity index (χ4v) is 2.09. The third kappa shape index (κ3) is 4.52. The number of allylic oxidation sites excluding steroid dienone is 1. The number of ketones is 1. The molecule has 114 valence electrons. The van der Waals surface area contributed by atoms with E-state index in [1.165, 1.54) is 6.08 Å². The minimum absolute atomic E-state index is 0.156. The van der Waals surface area contributed by atoms with Crippen LogP contribution in [0.25, 0.3) is 0 Å². The monoisotopic (exact) mass is 335 g/mol. The number of rotatable bonds is 5. The molecule has 0 N–H and O–H groups in total. The molecular formula is C17H15Cl2NO2. The summed E-state index contributed by atoms with van der Waals surface area (Å²) >= 11 is 12.0. The Bertz CT molecular complexity index is 694. The van der Waals surface area contributed by atoms with Gasteiger partial charge < -0.3 is 9.64 Å². The van der Waals surface area contributed by atoms with Crippen molar-refractivity contribution < 1.29 is 9.53 Å². The highest BCUT2D eigenvalue weighted by molar-refractivity contribution is 6.34. The van der Waals surface area contributed by atoms with E-state index in [2.05, 4.69) is 0 Å². The molecule has 0 atom stereocenters. The molecule has 0 spiro atoms. The van der Waals surface area contributed by atoms with Crippen molar-refractivity contribution >= 4 is 29.0 Å². The van der Waals surface area contributed by atoms with Crippen LogP contribution in [0.4, 0.5) is 0 Å². The van der Waals surface area contributed by atoms with Crippen LogP contribution < -0.4 is 4.74 Å². The van der Waals surface area contributed by atoms with Crippen molar-refractivity contribution in [2.45, 2.75) is 0 Å². The number of carbonyl (C=O) groups is 1. The van der Waals surface area contributed by atoms with Crippen LogP contribution in [0.15, 0.2) is 54.7 Å². The Balaban J connectivity index is 2.15. The third-order valence-electron chi connectivity index (χ3n) is 2.78. The summed E-state index contributed by atoms with van der Waals surface area (Å²) in [4.78, 5) is 13.8. The average Bonchev–Trinajstić information content (AvgIpc) is 2.47. The Hall–Kier alpha value is -1.97. The quantitative estimate of drug-likeness (QED) is 0.566. The summed E-state index contributed by atoms with van der Waals surface area (Å²) < 4.78 is 5.67. The lowest BCUT2D eigenvalue weighted by atomic mass is 10.1. The summed E-state index contributed by atoms with van der Waals surface area (Å²) in [5, 5.41) is 0.985. The van der Waals surface area contributed by atoms with Gasteiger partial charge in [-0.05, 0) is 36.4 Å². The first-order valence-corrected chi connectivity index (χ1v) is 7.33. The number of carbonyl (C=O) groups excluding carboxylic acids is 1. The Kier molecular flexibility index (Phi) is 5.47. The average molecular weight is 336 g/mol. The molecule has 0 unspecified atom stereocenters. The van der Waals surface area contributed by atoms with Gasteiger partial charge in [0.1, 0.15) is 11.5 Å². The zero-order valence-electron chi connectivity index (χ0n) is 12.2. The first-order chi connectivity index (χ1) is 10.5. The fourth-order valence-electron chi connectivity index (χ4n) is 1.70. The highest BCUT2D eigenvalue weighted by Crippen LogP contribution is 2.28. The minimum atomic E-state index is -0.156. The number of halogens is 2. The molecule has 2 aromatic carbocycles. The van der Waals surface area contributed by atoms with Crippen LogP contribution in [0.1, 0.15) is 10.4 Å². The maximum Gasteiger partial charge on any atom is 0.188 e. The molecule has 0 fully saturated rings. The van der Waals surface area contributed by atoms with Crippen LogP contribution in [-0.2, 0) is 0 Å². The molecule has 0 bridgehead atoms. The lowest BCUT2D eigenvalue weighted by Gasteiger charge is -2.08. The molecule has 0 heterocycles. The van der Waals surface area contributed by atoms with Gasteiger partial charge in [0.25, 0.3) is 0 Å². The molecule has 22 heavy (non-hydrogen) atoms. The van der Waals surface area contributed by atoms with Crippen molar-refractivity contribution in [1.29, 1.82) is 0 Å². The molecule has 2 rings (SSSR count). The normalized spacial score (nSPS) is 10.7. The lowest BCUT2D eigenvalue weighted by Crippen LogP contribution is -2.03. The van der Waals surface area contributed by atoms with Crippen LogP contribution in [0.2, 0.25) is 10.0 Å². The maximum absolute atomic E-state index is 12.0. The molecule has 0 aliphatic carbocycles. The van der Waals surface area contributed by atoms with E-state index in [1.807, 2.05) is 14.1 Å². The predicted molar refractivity (Wildman–Crippen MR) is 90.1 cm³/mol. The van der Waals surface area contributed by atoms with Gasteiger partial charge in [-0.2, -0.15) is 0 Å². The predicted octanol–water partition coefficient (Wildman–Crippen LogP) is 5.04.